The van der Waals surface area contributed by atoms with Crippen LogP contribution in [0.25, 0.3) is 0 Å². The molecule has 0 aliphatic heterocycles. The van der Waals surface area contributed by atoms with Crippen LogP contribution in [0.2, 0.25) is 0 Å². The number of rotatable bonds is 5. The van der Waals surface area contributed by atoms with E-state index in [1.54, 1.807) is 13.2 Å². The summed E-state index contributed by atoms with van der Waals surface area (Å²) in [5.74, 6) is -0.355. The van der Waals surface area contributed by atoms with Crippen molar-refractivity contribution in [1.29, 1.82) is 5.26 Å². The van der Waals surface area contributed by atoms with Crippen LogP contribution in [0, 0.1) is 17.1 Å². The van der Waals surface area contributed by atoms with E-state index in [0.717, 1.165) is 0 Å². The second-order valence-electron chi connectivity index (χ2n) is 3.17. The standard InChI is InChI=1S/C11H12BrFN2O/c1-16-5-4-15-11(7-14)9-6-8(13)2-3-10(9)12/h2-3,6,11,15H,4-5H2,1H3. The Labute approximate surface area is 102 Å². The fraction of sp³-hybridized carbons (Fsp3) is 0.364. The monoisotopic (exact) mass is 286 g/mol. The molecule has 0 amide bonds. The van der Waals surface area contributed by atoms with Gasteiger partial charge in [-0.2, -0.15) is 5.26 Å². The number of methoxy groups -OCH3 is 1. The minimum Gasteiger partial charge on any atom is -0.383 e. The second-order valence-corrected chi connectivity index (χ2v) is 4.03. The molecule has 16 heavy (non-hydrogen) atoms. The van der Waals surface area contributed by atoms with Crippen LogP contribution in [-0.4, -0.2) is 20.3 Å². The topological polar surface area (TPSA) is 45.0 Å². The first-order valence-corrected chi connectivity index (χ1v) is 5.55. The molecule has 0 bridgehead atoms. The van der Waals surface area contributed by atoms with Gasteiger partial charge >= 0.3 is 0 Å². The average molecular weight is 287 g/mol. The van der Waals surface area contributed by atoms with Gasteiger partial charge in [0.15, 0.2) is 0 Å². The van der Waals surface area contributed by atoms with Gasteiger partial charge in [-0.3, -0.25) is 5.32 Å². The third-order valence-corrected chi connectivity index (χ3v) is 2.77. The van der Waals surface area contributed by atoms with E-state index in [1.807, 2.05) is 0 Å². The Balaban J connectivity index is 2.79. The molecule has 1 unspecified atom stereocenters. The van der Waals surface area contributed by atoms with Crippen molar-refractivity contribution in [3.8, 4) is 6.07 Å². The summed E-state index contributed by atoms with van der Waals surface area (Å²) in [6, 6.07) is 5.82. The van der Waals surface area contributed by atoms with E-state index >= 15 is 0 Å². The van der Waals surface area contributed by atoms with Crippen molar-refractivity contribution in [2.45, 2.75) is 6.04 Å². The van der Waals surface area contributed by atoms with E-state index in [0.29, 0.717) is 23.2 Å². The van der Waals surface area contributed by atoms with E-state index < -0.39 is 6.04 Å². The first-order chi connectivity index (χ1) is 7.69. The maximum absolute atomic E-state index is 13.0. The van der Waals surface area contributed by atoms with Crippen molar-refractivity contribution in [2.75, 3.05) is 20.3 Å². The lowest BCUT2D eigenvalue weighted by Gasteiger charge is -2.13. The third kappa shape index (κ3) is 3.56. The molecule has 5 heteroatoms. The van der Waals surface area contributed by atoms with Crippen molar-refractivity contribution in [1.82, 2.24) is 5.32 Å². The predicted octanol–water partition coefficient (Wildman–Crippen LogP) is 2.39. The molecular formula is C11H12BrFN2O. The van der Waals surface area contributed by atoms with Crippen LogP contribution < -0.4 is 5.32 Å². The fourth-order valence-electron chi connectivity index (χ4n) is 1.27. The lowest BCUT2D eigenvalue weighted by atomic mass is 10.1. The van der Waals surface area contributed by atoms with Crippen LogP contribution in [-0.2, 0) is 4.74 Å². The summed E-state index contributed by atoms with van der Waals surface area (Å²) in [6.45, 7) is 1.04. The third-order valence-electron chi connectivity index (χ3n) is 2.05. The van der Waals surface area contributed by atoms with Crippen molar-refractivity contribution < 1.29 is 9.13 Å². The van der Waals surface area contributed by atoms with Gasteiger partial charge in [0.2, 0.25) is 0 Å². The van der Waals surface area contributed by atoms with Crippen LogP contribution in [0.3, 0.4) is 0 Å². The lowest BCUT2D eigenvalue weighted by Crippen LogP contribution is -2.24. The summed E-state index contributed by atoms with van der Waals surface area (Å²) in [5.41, 5.74) is 0.596. The molecule has 86 valence electrons. The summed E-state index contributed by atoms with van der Waals surface area (Å²) < 4.78 is 18.6. The Hall–Kier alpha value is -0.960. The normalized spacial score (nSPS) is 12.1. The Bertz CT molecular complexity index is 392. The molecule has 0 aliphatic carbocycles. The van der Waals surface area contributed by atoms with Gasteiger partial charge in [0.25, 0.3) is 0 Å². The summed E-state index contributed by atoms with van der Waals surface area (Å²) in [4.78, 5) is 0. The number of halogens is 2. The molecule has 1 aromatic carbocycles. The zero-order chi connectivity index (χ0) is 12.0. The minimum absolute atomic E-state index is 0.355. The van der Waals surface area contributed by atoms with Gasteiger partial charge in [0.1, 0.15) is 11.9 Å². The van der Waals surface area contributed by atoms with Crippen LogP contribution in [0.1, 0.15) is 11.6 Å². The summed E-state index contributed by atoms with van der Waals surface area (Å²) in [5, 5.41) is 12.0. The average Bonchev–Trinajstić information content (AvgIpc) is 2.28. The summed E-state index contributed by atoms with van der Waals surface area (Å²) in [7, 11) is 1.58. The Morgan fingerprint density at radius 3 is 3.00 bits per heavy atom. The molecule has 0 fully saturated rings. The highest BCUT2D eigenvalue weighted by Crippen LogP contribution is 2.23. The number of nitriles is 1. The quantitative estimate of drug-likeness (QED) is 0.846. The van der Waals surface area contributed by atoms with Crippen molar-refractivity contribution in [3.63, 3.8) is 0 Å². The molecule has 1 N–H and O–H groups in total. The smallest absolute Gasteiger partial charge is 0.123 e. The largest absolute Gasteiger partial charge is 0.383 e. The highest BCUT2D eigenvalue weighted by molar-refractivity contribution is 9.10. The molecular weight excluding hydrogens is 275 g/mol. The molecule has 0 aromatic heterocycles. The SMILES string of the molecule is COCCNC(C#N)c1cc(F)ccc1Br. The number of ether oxygens (including phenoxy) is 1. The number of hydrogen-bond donors (Lipinski definition) is 1. The second kappa shape index (κ2) is 6.59. The van der Waals surface area contributed by atoms with Gasteiger partial charge in [0, 0.05) is 23.7 Å². The first-order valence-electron chi connectivity index (χ1n) is 4.76. The van der Waals surface area contributed by atoms with Crippen LogP contribution in [0.15, 0.2) is 22.7 Å². The number of nitrogens with zero attached hydrogens (tertiary/aromatic N) is 1. The number of nitrogens with one attached hydrogen (secondary N) is 1. The van der Waals surface area contributed by atoms with Gasteiger partial charge < -0.3 is 4.74 Å². The van der Waals surface area contributed by atoms with Crippen LogP contribution >= 0.6 is 15.9 Å². The van der Waals surface area contributed by atoms with Crippen LogP contribution in [0.5, 0.6) is 0 Å². The molecule has 1 aromatic rings. The number of hydrogen-bond acceptors (Lipinski definition) is 3. The van der Waals surface area contributed by atoms with E-state index in [2.05, 4.69) is 27.3 Å². The number of benzene rings is 1. The van der Waals surface area contributed by atoms with E-state index in [4.69, 9.17) is 10.00 Å². The Morgan fingerprint density at radius 2 is 2.38 bits per heavy atom. The molecule has 0 aliphatic rings. The van der Waals surface area contributed by atoms with E-state index in [1.165, 1.54) is 12.1 Å². The van der Waals surface area contributed by atoms with Crippen LogP contribution in [0.4, 0.5) is 4.39 Å². The van der Waals surface area contributed by atoms with Gasteiger partial charge in [0.05, 0.1) is 12.7 Å². The maximum Gasteiger partial charge on any atom is 0.123 e. The van der Waals surface area contributed by atoms with Crippen molar-refractivity contribution in [2.24, 2.45) is 0 Å². The molecule has 1 atom stereocenters. The highest BCUT2D eigenvalue weighted by Gasteiger charge is 2.13. The Kier molecular flexibility index (Phi) is 5.39. The van der Waals surface area contributed by atoms with Crippen molar-refractivity contribution >= 4 is 15.9 Å². The summed E-state index contributed by atoms with van der Waals surface area (Å²) in [6.07, 6.45) is 0. The molecule has 0 radical (unpaired) electrons. The first kappa shape index (κ1) is 13.1. The Morgan fingerprint density at radius 1 is 1.62 bits per heavy atom. The molecule has 0 spiro atoms. The fourth-order valence-corrected chi connectivity index (χ4v) is 1.74. The van der Waals surface area contributed by atoms with Gasteiger partial charge in [-0.25, -0.2) is 4.39 Å². The maximum atomic E-state index is 13.0. The van der Waals surface area contributed by atoms with Gasteiger partial charge in [-0.15, -0.1) is 0 Å². The molecule has 0 heterocycles. The van der Waals surface area contributed by atoms with Gasteiger partial charge in [-0.05, 0) is 18.2 Å². The predicted molar refractivity (Wildman–Crippen MR) is 62.3 cm³/mol. The highest BCUT2D eigenvalue weighted by atomic mass is 79.9. The van der Waals surface area contributed by atoms with E-state index in [9.17, 15) is 4.39 Å². The van der Waals surface area contributed by atoms with Crippen molar-refractivity contribution in [3.05, 3.63) is 34.1 Å². The van der Waals surface area contributed by atoms with Gasteiger partial charge in [-0.1, -0.05) is 15.9 Å². The molecule has 3 nitrogen and oxygen atoms in total. The van der Waals surface area contributed by atoms with E-state index in [-0.39, 0.29) is 5.82 Å². The zero-order valence-electron chi connectivity index (χ0n) is 8.84. The lowest BCUT2D eigenvalue weighted by molar-refractivity contribution is 0.198. The molecule has 0 saturated heterocycles. The summed E-state index contributed by atoms with van der Waals surface area (Å²) >= 11 is 3.29. The molecule has 0 saturated carbocycles. The minimum atomic E-state index is -0.541. The molecule has 1 rings (SSSR count). The zero-order valence-corrected chi connectivity index (χ0v) is 10.4.